The molecule has 3 fully saturated rings. The second kappa shape index (κ2) is 10.1. The lowest BCUT2D eigenvalue weighted by atomic mass is 9.60. The molecule has 0 unspecified atom stereocenters. The molecule has 0 aromatic heterocycles. The number of rotatable bonds is 6. The molecule has 0 bridgehead atoms. The lowest BCUT2D eigenvalue weighted by Gasteiger charge is -2.44. The number of halogens is 1. The number of fused-ring (bicyclic) bond motifs is 1. The van der Waals surface area contributed by atoms with Crippen LogP contribution in [0.25, 0.3) is 0 Å². The van der Waals surface area contributed by atoms with Gasteiger partial charge in [0, 0.05) is 12.0 Å². The van der Waals surface area contributed by atoms with E-state index in [0.717, 1.165) is 29.7 Å². The summed E-state index contributed by atoms with van der Waals surface area (Å²) in [7, 11) is 0. The topological polar surface area (TPSA) is 40.5 Å². The van der Waals surface area contributed by atoms with Crippen LogP contribution in [0.15, 0.2) is 35.2 Å². The SMILES string of the molecule is CC(C)CCC[C@@H](C)[C@H]1CC[C@H]2/C(=C/C=C3\C[C@@H](O)C[C@H](O)\C3=C\F)CCC[C@]12C. The second-order valence-corrected chi connectivity index (χ2v) is 11.0. The van der Waals surface area contributed by atoms with Crippen LogP contribution in [-0.2, 0) is 0 Å². The van der Waals surface area contributed by atoms with Crippen LogP contribution in [0.2, 0.25) is 0 Å². The van der Waals surface area contributed by atoms with Crippen molar-refractivity contribution in [1.82, 2.24) is 0 Å². The molecule has 0 radical (unpaired) electrons. The van der Waals surface area contributed by atoms with Gasteiger partial charge in [0.1, 0.15) is 0 Å². The summed E-state index contributed by atoms with van der Waals surface area (Å²) in [5.41, 5.74) is 2.98. The van der Waals surface area contributed by atoms with Crippen molar-refractivity contribution < 1.29 is 14.6 Å². The molecule has 3 saturated carbocycles. The molecule has 0 aromatic carbocycles. The summed E-state index contributed by atoms with van der Waals surface area (Å²) in [5, 5.41) is 20.1. The van der Waals surface area contributed by atoms with Crippen LogP contribution in [0.4, 0.5) is 4.39 Å². The Morgan fingerprint density at radius 1 is 1.13 bits per heavy atom. The predicted molar refractivity (Wildman–Crippen MR) is 123 cm³/mol. The first-order valence-corrected chi connectivity index (χ1v) is 12.3. The standard InChI is InChI=1S/C27H43FO2/c1-18(2)7-5-8-19(3)24-12-13-25-20(9-6-14-27(24,25)4)10-11-21-15-22(29)16-26(30)23(21)17-28/h10-11,17-19,22,24-26,29-30H,5-9,12-16H2,1-4H3/b20-10+,21-11+,23-17+/t19-,22-,24-,25+,26+,27-/m1/s1. The lowest BCUT2D eigenvalue weighted by Crippen LogP contribution is -2.36. The van der Waals surface area contributed by atoms with Crippen molar-refractivity contribution in [2.45, 2.75) is 104 Å². The van der Waals surface area contributed by atoms with Gasteiger partial charge in [-0.2, -0.15) is 0 Å². The molecule has 0 aliphatic heterocycles. The van der Waals surface area contributed by atoms with E-state index < -0.39 is 12.2 Å². The Morgan fingerprint density at radius 3 is 2.60 bits per heavy atom. The van der Waals surface area contributed by atoms with Gasteiger partial charge in [0.15, 0.2) is 0 Å². The third-order valence-corrected chi connectivity index (χ3v) is 8.46. The normalized spacial score (nSPS) is 39.8. The highest BCUT2D eigenvalue weighted by atomic mass is 19.1. The first-order chi connectivity index (χ1) is 14.3. The van der Waals surface area contributed by atoms with E-state index in [0.29, 0.717) is 29.7 Å². The van der Waals surface area contributed by atoms with Crippen molar-refractivity contribution in [2.75, 3.05) is 0 Å². The minimum atomic E-state index is -0.900. The van der Waals surface area contributed by atoms with Gasteiger partial charge in [-0.1, -0.05) is 64.7 Å². The zero-order valence-corrected chi connectivity index (χ0v) is 19.5. The molecular weight excluding hydrogens is 375 g/mol. The minimum Gasteiger partial charge on any atom is -0.393 e. The molecule has 0 heterocycles. The van der Waals surface area contributed by atoms with E-state index in [1.807, 2.05) is 6.08 Å². The van der Waals surface area contributed by atoms with Gasteiger partial charge in [-0.15, -0.1) is 0 Å². The Labute approximate surface area is 183 Å². The molecule has 3 rings (SSSR count). The number of allylic oxidation sites excluding steroid dienone is 3. The Morgan fingerprint density at radius 2 is 1.90 bits per heavy atom. The summed E-state index contributed by atoms with van der Waals surface area (Å²) >= 11 is 0. The summed E-state index contributed by atoms with van der Waals surface area (Å²) in [6.45, 7) is 9.63. The van der Waals surface area contributed by atoms with Crippen LogP contribution in [0.1, 0.15) is 91.9 Å². The van der Waals surface area contributed by atoms with Crippen molar-refractivity contribution in [3.63, 3.8) is 0 Å². The molecule has 170 valence electrons. The van der Waals surface area contributed by atoms with Crippen molar-refractivity contribution in [1.29, 1.82) is 0 Å². The van der Waals surface area contributed by atoms with Crippen LogP contribution < -0.4 is 0 Å². The summed E-state index contributed by atoms with van der Waals surface area (Å²) in [5.74, 6) is 2.99. The van der Waals surface area contributed by atoms with Gasteiger partial charge in [-0.25, -0.2) is 4.39 Å². The molecule has 0 saturated heterocycles. The molecule has 3 heteroatoms. The second-order valence-electron chi connectivity index (χ2n) is 11.0. The Balaban J connectivity index is 1.74. The molecule has 0 amide bonds. The zero-order chi connectivity index (χ0) is 21.9. The zero-order valence-electron chi connectivity index (χ0n) is 19.5. The highest BCUT2D eigenvalue weighted by molar-refractivity contribution is 5.39. The van der Waals surface area contributed by atoms with E-state index >= 15 is 0 Å². The van der Waals surface area contributed by atoms with E-state index in [-0.39, 0.29) is 6.42 Å². The van der Waals surface area contributed by atoms with E-state index in [1.165, 1.54) is 50.5 Å². The van der Waals surface area contributed by atoms with Crippen LogP contribution >= 0.6 is 0 Å². The van der Waals surface area contributed by atoms with Gasteiger partial charge in [0.2, 0.25) is 0 Å². The smallest absolute Gasteiger partial charge is 0.0927 e. The Kier molecular flexibility index (Phi) is 8.01. The van der Waals surface area contributed by atoms with E-state index in [4.69, 9.17) is 0 Å². The maximum absolute atomic E-state index is 13.4. The first-order valence-electron chi connectivity index (χ1n) is 12.3. The van der Waals surface area contributed by atoms with Crippen molar-refractivity contribution in [2.24, 2.45) is 29.1 Å². The fourth-order valence-corrected chi connectivity index (χ4v) is 6.83. The highest BCUT2D eigenvalue weighted by Gasteiger charge is 2.50. The van der Waals surface area contributed by atoms with Gasteiger partial charge in [-0.3, -0.25) is 0 Å². The van der Waals surface area contributed by atoms with E-state index in [9.17, 15) is 14.6 Å². The predicted octanol–water partition coefficient (Wildman–Crippen LogP) is 6.89. The van der Waals surface area contributed by atoms with Crippen LogP contribution in [0.3, 0.4) is 0 Å². The van der Waals surface area contributed by atoms with E-state index in [2.05, 4.69) is 33.8 Å². The molecule has 30 heavy (non-hydrogen) atoms. The van der Waals surface area contributed by atoms with Crippen LogP contribution in [-0.4, -0.2) is 22.4 Å². The fraction of sp³-hybridized carbons (Fsp3) is 0.778. The average Bonchev–Trinajstić information content (AvgIpc) is 3.03. The molecule has 2 N–H and O–H groups in total. The number of hydrogen-bond donors (Lipinski definition) is 2. The van der Waals surface area contributed by atoms with Gasteiger partial charge < -0.3 is 10.2 Å². The average molecular weight is 419 g/mol. The molecule has 3 aliphatic carbocycles. The Hall–Kier alpha value is -0.930. The first kappa shape index (κ1) is 23.7. The quantitative estimate of drug-likeness (QED) is 0.493. The maximum Gasteiger partial charge on any atom is 0.0927 e. The van der Waals surface area contributed by atoms with Gasteiger partial charge in [0.05, 0.1) is 18.5 Å². The van der Waals surface area contributed by atoms with Crippen LogP contribution in [0, 0.1) is 29.1 Å². The molecule has 0 aromatic rings. The monoisotopic (exact) mass is 418 g/mol. The molecular formula is C27H43FO2. The van der Waals surface area contributed by atoms with E-state index in [1.54, 1.807) is 0 Å². The van der Waals surface area contributed by atoms with Crippen molar-refractivity contribution in [3.8, 4) is 0 Å². The summed E-state index contributed by atoms with van der Waals surface area (Å²) in [6, 6.07) is 0. The summed E-state index contributed by atoms with van der Waals surface area (Å²) in [6.07, 6.45) is 14.1. The van der Waals surface area contributed by atoms with Crippen molar-refractivity contribution >= 4 is 0 Å². The highest BCUT2D eigenvalue weighted by Crippen LogP contribution is 2.60. The summed E-state index contributed by atoms with van der Waals surface area (Å²) < 4.78 is 13.4. The van der Waals surface area contributed by atoms with Gasteiger partial charge in [-0.05, 0) is 73.2 Å². The lowest BCUT2D eigenvalue weighted by molar-refractivity contribution is 0.0850. The largest absolute Gasteiger partial charge is 0.393 e. The third kappa shape index (κ3) is 5.10. The molecule has 6 atom stereocenters. The molecule has 0 spiro atoms. The van der Waals surface area contributed by atoms with Gasteiger partial charge >= 0.3 is 0 Å². The molecule has 3 aliphatic rings. The fourth-order valence-electron chi connectivity index (χ4n) is 6.83. The number of aliphatic hydroxyl groups excluding tert-OH is 2. The van der Waals surface area contributed by atoms with Gasteiger partial charge in [0.25, 0.3) is 0 Å². The van der Waals surface area contributed by atoms with Crippen molar-refractivity contribution in [3.05, 3.63) is 35.2 Å². The van der Waals surface area contributed by atoms with Crippen LogP contribution in [0.5, 0.6) is 0 Å². The maximum atomic E-state index is 13.4. The Bertz CT molecular complexity index is 676. The summed E-state index contributed by atoms with van der Waals surface area (Å²) in [4.78, 5) is 0. The third-order valence-electron chi connectivity index (χ3n) is 8.46. The molecule has 2 nitrogen and oxygen atoms in total. The number of aliphatic hydroxyl groups is 2. The minimum absolute atomic E-state index is 0.223. The number of hydrogen-bond acceptors (Lipinski definition) is 2.